The summed E-state index contributed by atoms with van der Waals surface area (Å²) in [6, 6.07) is 9.59. The van der Waals surface area contributed by atoms with Crippen molar-refractivity contribution in [3.05, 3.63) is 35.9 Å². The number of piperidine rings is 1. The predicted octanol–water partition coefficient (Wildman–Crippen LogP) is 1.98. The van der Waals surface area contributed by atoms with Crippen molar-refractivity contribution < 1.29 is 14.3 Å². The average Bonchev–Trinajstić information content (AvgIpc) is 2.60. The first kappa shape index (κ1) is 18.3. The lowest BCUT2D eigenvalue weighted by atomic mass is 10.0. The van der Waals surface area contributed by atoms with Gasteiger partial charge in [-0.3, -0.25) is 4.79 Å². The Balaban J connectivity index is 1.99. The van der Waals surface area contributed by atoms with E-state index in [9.17, 15) is 9.59 Å². The molecule has 0 saturated carbocycles. The van der Waals surface area contributed by atoms with E-state index in [1.165, 1.54) is 0 Å². The van der Waals surface area contributed by atoms with Gasteiger partial charge in [0, 0.05) is 19.1 Å². The summed E-state index contributed by atoms with van der Waals surface area (Å²) < 4.78 is 5.49. The van der Waals surface area contributed by atoms with E-state index in [2.05, 4.69) is 0 Å². The highest BCUT2D eigenvalue weighted by Crippen LogP contribution is 2.20. The molecule has 1 aliphatic heterocycles. The van der Waals surface area contributed by atoms with Crippen molar-refractivity contribution in [3.8, 4) is 0 Å². The quantitative estimate of drug-likeness (QED) is 0.894. The van der Waals surface area contributed by atoms with Crippen LogP contribution in [0.2, 0.25) is 0 Å². The van der Waals surface area contributed by atoms with Crippen LogP contribution >= 0.6 is 0 Å². The Labute approximate surface area is 143 Å². The van der Waals surface area contributed by atoms with Gasteiger partial charge in [0.1, 0.15) is 6.61 Å². The van der Waals surface area contributed by atoms with E-state index in [1.807, 2.05) is 44.2 Å². The van der Waals surface area contributed by atoms with Crippen LogP contribution in [0, 0.1) is 0 Å². The van der Waals surface area contributed by atoms with E-state index in [0.717, 1.165) is 18.4 Å². The van der Waals surface area contributed by atoms with Crippen LogP contribution in [0.25, 0.3) is 0 Å². The molecule has 24 heavy (non-hydrogen) atoms. The standard InChI is InChI=1S/C18H27N3O3/c1-14(2)21(16-9-6-10-20(12-16)17(22)11-19)18(23)24-13-15-7-4-3-5-8-15/h3-5,7-8,14,16H,6,9-13,19H2,1-2H3/t16-/m0/s1. The Kier molecular flexibility index (Phi) is 6.61. The van der Waals surface area contributed by atoms with Gasteiger partial charge in [-0.15, -0.1) is 0 Å². The second-order valence-electron chi connectivity index (χ2n) is 6.38. The van der Waals surface area contributed by atoms with Crippen molar-refractivity contribution in [1.29, 1.82) is 0 Å². The molecule has 1 aromatic carbocycles. The van der Waals surface area contributed by atoms with E-state index >= 15 is 0 Å². The number of nitrogens with zero attached hydrogens (tertiary/aromatic N) is 2. The molecule has 6 nitrogen and oxygen atoms in total. The lowest BCUT2D eigenvalue weighted by molar-refractivity contribution is -0.131. The summed E-state index contributed by atoms with van der Waals surface area (Å²) in [5, 5.41) is 0. The number of carbonyl (C=O) groups excluding carboxylic acids is 2. The molecule has 0 aliphatic carbocycles. The Morgan fingerprint density at radius 1 is 1.33 bits per heavy atom. The molecular formula is C18H27N3O3. The minimum absolute atomic E-state index is 0.00574. The largest absolute Gasteiger partial charge is 0.445 e. The van der Waals surface area contributed by atoms with Gasteiger partial charge in [0.25, 0.3) is 0 Å². The summed E-state index contributed by atoms with van der Waals surface area (Å²) in [6.45, 7) is 5.42. The summed E-state index contributed by atoms with van der Waals surface area (Å²) >= 11 is 0. The molecule has 1 fully saturated rings. The monoisotopic (exact) mass is 333 g/mol. The summed E-state index contributed by atoms with van der Waals surface area (Å²) in [4.78, 5) is 27.9. The highest BCUT2D eigenvalue weighted by molar-refractivity contribution is 5.78. The fourth-order valence-electron chi connectivity index (χ4n) is 3.11. The minimum atomic E-state index is -0.332. The smallest absolute Gasteiger partial charge is 0.410 e. The van der Waals surface area contributed by atoms with Gasteiger partial charge in [0.2, 0.25) is 5.91 Å². The molecule has 2 rings (SSSR count). The number of hydrogen-bond donors (Lipinski definition) is 1. The van der Waals surface area contributed by atoms with Gasteiger partial charge >= 0.3 is 6.09 Å². The second-order valence-corrected chi connectivity index (χ2v) is 6.38. The normalized spacial score (nSPS) is 17.7. The molecule has 6 heteroatoms. The maximum atomic E-state index is 12.6. The first-order valence-electron chi connectivity index (χ1n) is 8.49. The number of nitrogens with two attached hydrogens (primary N) is 1. The van der Waals surface area contributed by atoms with Crippen LogP contribution < -0.4 is 5.73 Å². The third kappa shape index (κ3) is 4.71. The van der Waals surface area contributed by atoms with Crippen LogP contribution in [-0.4, -0.2) is 53.5 Å². The molecule has 1 heterocycles. The Morgan fingerprint density at radius 3 is 2.67 bits per heavy atom. The average molecular weight is 333 g/mol. The Hall–Kier alpha value is -2.08. The van der Waals surface area contributed by atoms with Gasteiger partial charge in [-0.2, -0.15) is 0 Å². The summed E-state index contributed by atoms with van der Waals surface area (Å²) in [6.07, 6.45) is 1.40. The molecule has 2 N–H and O–H groups in total. The maximum absolute atomic E-state index is 12.6. The van der Waals surface area contributed by atoms with E-state index in [0.29, 0.717) is 13.1 Å². The fraction of sp³-hybridized carbons (Fsp3) is 0.556. The lowest BCUT2D eigenvalue weighted by Gasteiger charge is -2.40. The number of likely N-dealkylation sites (tertiary alicyclic amines) is 1. The second kappa shape index (κ2) is 8.68. The molecule has 1 aliphatic rings. The Bertz CT molecular complexity index is 548. The molecule has 2 amide bonds. The van der Waals surface area contributed by atoms with Crippen molar-refractivity contribution >= 4 is 12.0 Å². The van der Waals surface area contributed by atoms with Gasteiger partial charge in [-0.25, -0.2) is 4.79 Å². The number of carbonyl (C=O) groups is 2. The van der Waals surface area contributed by atoms with Gasteiger partial charge in [0.05, 0.1) is 12.6 Å². The first-order valence-corrected chi connectivity index (χ1v) is 8.49. The van der Waals surface area contributed by atoms with Crippen LogP contribution in [-0.2, 0) is 16.1 Å². The zero-order valence-corrected chi connectivity index (χ0v) is 14.5. The zero-order valence-electron chi connectivity index (χ0n) is 14.5. The van der Waals surface area contributed by atoms with Crippen molar-refractivity contribution in [2.45, 2.75) is 45.4 Å². The number of benzene rings is 1. The molecule has 0 bridgehead atoms. The van der Waals surface area contributed by atoms with Crippen molar-refractivity contribution in [3.63, 3.8) is 0 Å². The highest BCUT2D eigenvalue weighted by atomic mass is 16.6. The first-order chi connectivity index (χ1) is 11.5. The molecule has 1 atom stereocenters. The molecule has 1 aromatic rings. The molecule has 1 saturated heterocycles. The highest BCUT2D eigenvalue weighted by Gasteiger charge is 2.32. The van der Waals surface area contributed by atoms with Crippen LogP contribution in [0.5, 0.6) is 0 Å². The molecule has 0 unspecified atom stereocenters. The van der Waals surface area contributed by atoms with E-state index in [1.54, 1.807) is 9.80 Å². The summed E-state index contributed by atoms with van der Waals surface area (Å²) in [5.74, 6) is -0.0685. The summed E-state index contributed by atoms with van der Waals surface area (Å²) in [5.41, 5.74) is 6.42. The fourth-order valence-corrected chi connectivity index (χ4v) is 3.11. The van der Waals surface area contributed by atoms with Crippen molar-refractivity contribution in [1.82, 2.24) is 9.80 Å². The molecular weight excluding hydrogens is 306 g/mol. The van der Waals surface area contributed by atoms with Crippen LogP contribution in [0.4, 0.5) is 4.79 Å². The molecule has 0 spiro atoms. The van der Waals surface area contributed by atoms with Crippen LogP contribution in [0.15, 0.2) is 30.3 Å². The van der Waals surface area contributed by atoms with Gasteiger partial charge in [-0.1, -0.05) is 30.3 Å². The van der Waals surface area contributed by atoms with Crippen LogP contribution in [0.1, 0.15) is 32.3 Å². The minimum Gasteiger partial charge on any atom is -0.445 e. The maximum Gasteiger partial charge on any atom is 0.410 e. The van der Waals surface area contributed by atoms with E-state index in [4.69, 9.17) is 10.5 Å². The predicted molar refractivity (Wildman–Crippen MR) is 92.3 cm³/mol. The lowest BCUT2D eigenvalue weighted by Crippen LogP contribution is -2.54. The zero-order chi connectivity index (χ0) is 17.5. The van der Waals surface area contributed by atoms with E-state index in [-0.39, 0.29) is 37.2 Å². The van der Waals surface area contributed by atoms with Gasteiger partial charge in [-0.05, 0) is 32.3 Å². The van der Waals surface area contributed by atoms with Gasteiger partial charge < -0.3 is 20.3 Å². The summed E-state index contributed by atoms with van der Waals surface area (Å²) in [7, 11) is 0. The van der Waals surface area contributed by atoms with Crippen molar-refractivity contribution in [2.24, 2.45) is 5.73 Å². The third-order valence-electron chi connectivity index (χ3n) is 4.29. The number of ether oxygens (including phenoxy) is 1. The molecule has 0 radical (unpaired) electrons. The topological polar surface area (TPSA) is 75.9 Å². The third-order valence-corrected chi connectivity index (χ3v) is 4.29. The number of amides is 2. The van der Waals surface area contributed by atoms with Crippen molar-refractivity contribution in [2.75, 3.05) is 19.6 Å². The van der Waals surface area contributed by atoms with E-state index < -0.39 is 0 Å². The molecule has 132 valence electrons. The SMILES string of the molecule is CC(C)N(C(=O)OCc1ccccc1)[C@H]1CCCN(C(=O)CN)C1. The Morgan fingerprint density at radius 2 is 2.04 bits per heavy atom. The van der Waals surface area contributed by atoms with Crippen LogP contribution in [0.3, 0.4) is 0 Å². The molecule has 0 aromatic heterocycles. The number of rotatable bonds is 5. The number of hydrogen-bond acceptors (Lipinski definition) is 4. The van der Waals surface area contributed by atoms with Gasteiger partial charge in [0.15, 0.2) is 0 Å².